The van der Waals surface area contributed by atoms with E-state index in [1.165, 1.54) is 12.1 Å². The van der Waals surface area contributed by atoms with Gasteiger partial charge >= 0.3 is 0 Å². The van der Waals surface area contributed by atoms with Crippen molar-refractivity contribution in [2.45, 2.75) is 18.8 Å². The van der Waals surface area contributed by atoms with Crippen molar-refractivity contribution in [2.75, 3.05) is 19.5 Å². The van der Waals surface area contributed by atoms with E-state index in [-0.39, 0.29) is 17.4 Å². The van der Waals surface area contributed by atoms with Crippen LogP contribution in [0.4, 0.5) is 11.4 Å². The summed E-state index contributed by atoms with van der Waals surface area (Å²) in [7, 11) is 3.16. The number of nitrogens with zero attached hydrogens (tertiary/aromatic N) is 1. The lowest BCUT2D eigenvalue weighted by atomic mass is 9.85. The maximum absolute atomic E-state index is 12.2. The zero-order valence-electron chi connectivity index (χ0n) is 15.1. The first-order valence-electron chi connectivity index (χ1n) is 8.47. The van der Waals surface area contributed by atoms with Gasteiger partial charge in [-0.05, 0) is 42.2 Å². The minimum Gasteiger partial charge on any atom is -0.493 e. The largest absolute Gasteiger partial charge is 0.493 e. The van der Waals surface area contributed by atoms with Crippen molar-refractivity contribution >= 4 is 17.2 Å². The molecule has 0 amide bonds. The normalized spacial score (nSPS) is 16.4. The van der Waals surface area contributed by atoms with Gasteiger partial charge in [-0.2, -0.15) is 0 Å². The van der Waals surface area contributed by atoms with E-state index in [1.807, 2.05) is 18.2 Å². The predicted octanol–water partition coefficient (Wildman–Crippen LogP) is 4.05. The molecule has 0 saturated carbocycles. The molecule has 1 aliphatic carbocycles. The molecule has 0 heterocycles. The van der Waals surface area contributed by atoms with Gasteiger partial charge in [-0.3, -0.25) is 14.9 Å². The number of hydrogen-bond donors (Lipinski definition) is 1. The molecule has 0 radical (unpaired) electrons. The Morgan fingerprint density at radius 3 is 2.37 bits per heavy atom. The second-order valence-corrected chi connectivity index (χ2v) is 6.28. The van der Waals surface area contributed by atoms with Gasteiger partial charge in [0.15, 0.2) is 17.3 Å². The fraction of sp³-hybridized carbons (Fsp3) is 0.250. The summed E-state index contributed by atoms with van der Waals surface area (Å²) in [6.07, 6.45) is 2.66. The van der Waals surface area contributed by atoms with Crippen LogP contribution in [0.15, 0.2) is 54.2 Å². The van der Waals surface area contributed by atoms with Gasteiger partial charge in [0, 0.05) is 36.0 Å². The maximum Gasteiger partial charge on any atom is 0.269 e. The average Bonchev–Trinajstić information content (AvgIpc) is 2.67. The van der Waals surface area contributed by atoms with Crippen LogP contribution in [-0.2, 0) is 4.79 Å². The Labute approximate surface area is 156 Å². The van der Waals surface area contributed by atoms with Gasteiger partial charge in [-0.1, -0.05) is 6.07 Å². The van der Waals surface area contributed by atoms with Crippen LogP contribution in [0.3, 0.4) is 0 Å². The number of allylic oxidation sites excluding steroid dienone is 2. The van der Waals surface area contributed by atoms with E-state index in [2.05, 4.69) is 5.32 Å². The third-order valence-electron chi connectivity index (χ3n) is 4.51. The van der Waals surface area contributed by atoms with Gasteiger partial charge in [0.25, 0.3) is 5.69 Å². The summed E-state index contributed by atoms with van der Waals surface area (Å²) in [5.74, 6) is 1.32. The lowest BCUT2D eigenvalue weighted by Gasteiger charge is -2.24. The van der Waals surface area contributed by atoms with E-state index < -0.39 is 4.92 Å². The highest BCUT2D eigenvalue weighted by atomic mass is 16.6. The monoisotopic (exact) mass is 368 g/mol. The number of anilines is 1. The molecule has 0 aromatic heterocycles. The van der Waals surface area contributed by atoms with Crippen LogP contribution >= 0.6 is 0 Å². The zero-order chi connectivity index (χ0) is 19.4. The van der Waals surface area contributed by atoms with Crippen LogP contribution < -0.4 is 14.8 Å². The number of benzene rings is 2. The van der Waals surface area contributed by atoms with Gasteiger partial charge in [-0.15, -0.1) is 0 Å². The minimum absolute atomic E-state index is 0.0165. The molecule has 7 nitrogen and oxygen atoms in total. The van der Waals surface area contributed by atoms with Crippen LogP contribution in [0.25, 0.3) is 0 Å². The summed E-state index contributed by atoms with van der Waals surface area (Å²) < 4.78 is 10.6. The highest BCUT2D eigenvalue weighted by Gasteiger charge is 2.23. The Kier molecular flexibility index (Phi) is 5.40. The molecule has 140 valence electrons. The number of methoxy groups -OCH3 is 2. The molecule has 0 unspecified atom stereocenters. The molecule has 0 fully saturated rings. The number of nitrogens with one attached hydrogen (secondary N) is 1. The Bertz CT molecular complexity index is 890. The fourth-order valence-electron chi connectivity index (χ4n) is 3.17. The summed E-state index contributed by atoms with van der Waals surface area (Å²) >= 11 is 0. The molecule has 2 aromatic carbocycles. The van der Waals surface area contributed by atoms with Crippen LogP contribution in [0.5, 0.6) is 11.5 Å². The number of nitro benzene ring substituents is 1. The SMILES string of the molecule is COc1ccc([C@H]2CC(=O)C=C(Nc3ccc([N+](=O)[O-])cc3)C2)cc1OC. The van der Waals surface area contributed by atoms with E-state index in [1.54, 1.807) is 32.4 Å². The molecule has 3 rings (SSSR count). The topological polar surface area (TPSA) is 90.7 Å². The second kappa shape index (κ2) is 7.90. The average molecular weight is 368 g/mol. The van der Waals surface area contributed by atoms with E-state index in [0.717, 1.165) is 11.3 Å². The predicted molar refractivity (Wildman–Crippen MR) is 101 cm³/mol. The molecule has 0 spiro atoms. The van der Waals surface area contributed by atoms with Crippen LogP contribution in [0, 0.1) is 10.1 Å². The molecule has 1 aliphatic rings. The van der Waals surface area contributed by atoms with Gasteiger partial charge in [0.2, 0.25) is 0 Å². The van der Waals surface area contributed by atoms with Crippen LogP contribution in [0.1, 0.15) is 24.3 Å². The van der Waals surface area contributed by atoms with E-state index in [4.69, 9.17) is 9.47 Å². The highest BCUT2D eigenvalue weighted by molar-refractivity contribution is 5.92. The number of non-ortho nitro benzene ring substituents is 1. The Morgan fingerprint density at radius 1 is 1.04 bits per heavy atom. The quantitative estimate of drug-likeness (QED) is 0.611. The first-order valence-corrected chi connectivity index (χ1v) is 8.47. The number of rotatable bonds is 6. The summed E-state index contributed by atoms with van der Waals surface area (Å²) in [5, 5.41) is 13.9. The van der Waals surface area contributed by atoms with Crippen molar-refractivity contribution in [3.05, 3.63) is 69.9 Å². The third kappa shape index (κ3) is 4.25. The summed E-state index contributed by atoms with van der Waals surface area (Å²) in [4.78, 5) is 22.5. The van der Waals surface area contributed by atoms with Gasteiger partial charge in [0.05, 0.1) is 19.1 Å². The number of carbonyl (C=O) groups excluding carboxylic acids is 1. The Morgan fingerprint density at radius 2 is 1.74 bits per heavy atom. The standard InChI is InChI=1S/C20H20N2O5/c1-26-19-8-3-13(11-20(19)27-2)14-9-16(12-18(23)10-14)21-15-4-6-17(7-5-15)22(24)25/h3-8,11-12,14,21H,9-10H2,1-2H3/t14-/m1/s1. The van der Waals surface area contributed by atoms with Crippen LogP contribution in [0.2, 0.25) is 0 Å². The number of ketones is 1. The summed E-state index contributed by atoms with van der Waals surface area (Å²) in [6.45, 7) is 0. The van der Waals surface area contributed by atoms with E-state index in [9.17, 15) is 14.9 Å². The first kappa shape index (κ1) is 18.4. The van der Waals surface area contributed by atoms with Crippen LogP contribution in [-0.4, -0.2) is 24.9 Å². The van der Waals surface area contributed by atoms with Gasteiger partial charge in [-0.25, -0.2) is 0 Å². The van der Waals surface area contributed by atoms with Crippen molar-refractivity contribution in [3.8, 4) is 11.5 Å². The number of nitro groups is 1. The van der Waals surface area contributed by atoms with Crippen molar-refractivity contribution in [1.29, 1.82) is 0 Å². The molecule has 0 bridgehead atoms. The molecule has 0 aliphatic heterocycles. The van der Waals surface area contributed by atoms with Gasteiger partial charge in [0.1, 0.15) is 0 Å². The minimum atomic E-state index is -0.444. The Balaban J connectivity index is 1.77. The first-order chi connectivity index (χ1) is 13.0. The molecule has 0 saturated heterocycles. The number of ether oxygens (including phenoxy) is 2. The molecule has 2 aromatic rings. The molecular formula is C20H20N2O5. The number of hydrogen-bond acceptors (Lipinski definition) is 6. The lowest BCUT2D eigenvalue weighted by Crippen LogP contribution is -2.16. The van der Waals surface area contributed by atoms with Crippen molar-refractivity contribution < 1.29 is 19.2 Å². The molecule has 1 N–H and O–H groups in total. The fourth-order valence-corrected chi connectivity index (χ4v) is 3.17. The Hall–Kier alpha value is -3.35. The highest BCUT2D eigenvalue weighted by Crippen LogP contribution is 2.36. The molecule has 1 atom stereocenters. The van der Waals surface area contributed by atoms with Crippen molar-refractivity contribution in [2.24, 2.45) is 0 Å². The number of carbonyl (C=O) groups is 1. The zero-order valence-corrected chi connectivity index (χ0v) is 15.1. The maximum atomic E-state index is 12.2. The third-order valence-corrected chi connectivity index (χ3v) is 4.51. The van der Waals surface area contributed by atoms with E-state index >= 15 is 0 Å². The summed E-state index contributed by atoms with van der Waals surface area (Å²) in [6, 6.07) is 11.8. The molecule has 27 heavy (non-hydrogen) atoms. The van der Waals surface area contributed by atoms with E-state index in [0.29, 0.717) is 30.0 Å². The molecule has 7 heteroatoms. The van der Waals surface area contributed by atoms with Crippen molar-refractivity contribution in [3.63, 3.8) is 0 Å². The second-order valence-electron chi connectivity index (χ2n) is 6.28. The summed E-state index contributed by atoms with van der Waals surface area (Å²) in [5.41, 5.74) is 2.50. The smallest absolute Gasteiger partial charge is 0.269 e. The van der Waals surface area contributed by atoms with Gasteiger partial charge < -0.3 is 14.8 Å². The molecular weight excluding hydrogens is 348 g/mol. The van der Waals surface area contributed by atoms with Crippen molar-refractivity contribution in [1.82, 2.24) is 0 Å². The lowest BCUT2D eigenvalue weighted by molar-refractivity contribution is -0.384.